The number of esters is 1. The Morgan fingerprint density at radius 2 is 1.64 bits per heavy atom. The van der Waals surface area contributed by atoms with Gasteiger partial charge in [-0.25, -0.2) is 0 Å². The summed E-state index contributed by atoms with van der Waals surface area (Å²) in [6.07, 6.45) is 10.6. The van der Waals surface area contributed by atoms with Crippen molar-refractivity contribution in [3.63, 3.8) is 0 Å². The number of nitrogens with two attached hydrogens (primary N) is 1. The van der Waals surface area contributed by atoms with Crippen LogP contribution in [-0.4, -0.2) is 18.0 Å². The van der Waals surface area contributed by atoms with Gasteiger partial charge >= 0.3 is 5.97 Å². The number of carbonyl (C=O) groups excluding carboxylic acids is 2. The molecule has 0 unspecified atom stereocenters. The van der Waals surface area contributed by atoms with Gasteiger partial charge in [0.2, 0.25) is 5.91 Å². The predicted octanol–water partition coefficient (Wildman–Crippen LogP) is 4.62. The summed E-state index contributed by atoms with van der Waals surface area (Å²) in [4.78, 5) is 23.2. The molecule has 2 N–H and O–H groups in total. The summed E-state index contributed by atoms with van der Waals surface area (Å²) in [5.41, 5.74) is 6.83. The molecule has 4 rings (SSSR count). The first-order valence-corrected chi connectivity index (χ1v) is 11.3. The summed E-state index contributed by atoms with van der Waals surface area (Å²) < 4.78 is 5.58. The molecular weight excluding hydrogens is 350 g/mol. The fourth-order valence-electron chi connectivity index (χ4n) is 8.30. The van der Waals surface area contributed by atoms with Crippen molar-refractivity contribution in [2.24, 2.45) is 46.2 Å². The number of hydrogen-bond donors (Lipinski definition) is 1. The number of fused-ring (bicyclic) bond motifs is 5. The number of carbonyl (C=O) groups is 2. The van der Waals surface area contributed by atoms with Gasteiger partial charge in [-0.05, 0) is 98.2 Å². The smallest absolute Gasteiger partial charge is 0.302 e. The molecule has 0 aromatic rings. The molecule has 0 bridgehead atoms. The lowest BCUT2D eigenvalue weighted by Crippen LogP contribution is -2.54. The quantitative estimate of drug-likeness (QED) is 0.567. The van der Waals surface area contributed by atoms with Crippen molar-refractivity contribution in [1.82, 2.24) is 0 Å². The average molecular weight is 388 g/mol. The van der Waals surface area contributed by atoms with Crippen molar-refractivity contribution in [2.75, 3.05) is 0 Å². The molecule has 0 saturated heterocycles. The third-order valence-electron chi connectivity index (χ3n) is 9.69. The second-order valence-corrected chi connectivity index (χ2v) is 10.7. The Bertz CT molecular complexity index is 687. The molecule has 0 spiro atoms. The molecule has 0 aliphatic heterocycles. The second kappa shape index (κ2) is 6.88. The maximum atomic E-state index is 11.8. The predicted molar refractivity (Wildman–Crippen MR) is 109 cm³/mol. The topological polar surface area (TPSA) is 69.4 Å². The van der Waals surface area contributed by atoms with Crippen LogP contribution in [0.4, 0.5) is 0 Å². The van der Waals surface area contributed by atoms with E-state index in [4.69, 9.17) is 10.5 Å². The maximum absolute atomic E-state index is 11.8. The van der Waals surface area contributed by atoms with E-state index in [1.54, 1.807) is 0 Å². The highest BCUT2D eigenvalue weighted by Crippen LogP contribution is 2.68. The van der Waals surface area contributed by atoms with E-state index >= 15 is 0 Å². The second-order valence-electron chi connectivity index (χ2n) is 10.7. The fraction of sp³-hybridized carbons (Fsp3) is 0.833. The number of ether oxygens (including phenoxy) is 1. The molecule has 156 valence electrons. The first kappa shape index (κ1) is 20.0. The van der Waals surface area contributed by atoms with E-state index < -0.39 is 0 Å². The van der Waals surface area contributed by atoms with E-state index in [0.717, 1.165) is 31.1 Å². The maximum Gasteiger partial charge on any atom is 0.302 e. The lowest BCUT2D eigenvalue weighted by atomic mass is 9.44. The lowest BCUT2D eigenvalue weighted by molar-refractivity contribution is -0.159. The monoisotopic (exact) mass is 387 g/mol. The van der Waals surface area contributed by atoms with Crippen molar-refractivity contribution in [3.05, 3.63) is 12.2 Å². The number of hydrogen-bond acceptors (Lipinski definition) is 3. The highest BCUT2D eigenvalue weighted by Gasteiger charge is 2.60. The Kier molecular flexibility index (Phi) is 4.91. The molecule has 4 aliphatic rings. The lowest BCUT2D eigenvalue weighted by Gasteiger charge is -2.61. The first-order valence-electron chi connectivity index (χ1n) is 11.3. The zero-order valence-electron chi connectivity index (χ0n) is 17.8. The molecule has 0 heterocycles. The number of rotatable bonds is 3. The molecule has 4 saturated carbocycles. The van der Waals surface area contributed by atoms with Gasteiger partial charge in [0.25, 0.3) is 0 Å². The average Bonchev–Trinajstić information content (AvgIpc) is 2.98. The van der Waals surface area contributed by atoms with Gasteiger partial charge in [-0.1, -0.05) is 20.4 Å². The van der Waals surface area contributed by atoms with Crippen LogP contribution in [0.25, 0.3) is 0 Å². The van der Waals surface area contributed by atoms with Crippen molar-refractivity contribution < 1.29 is 14.3 Å². The fourth-order valence-corrected chi connectivity index (χ4v) is 8.30. The first-order chi connectivity index (χ1) is 13.2. The molecule has 4 fully saturated rings. The Hall–Kier alpha value is -1.32. The standard InChI is InChI=1S/C24H37NO3/c1-14(22(25)27)19-7-8-20-18-6-5-16-13-17(28-15(2)26)9-11-23(16,3)21(18)10-12-24(19,20)4/h16-21H,1,5-13H2,2-4H3,(H2,25,27)/t16-,17-,18-,19+,20-,21-,23-,24+/m0/s1. The van der Waals surface area contributed by atoms with Crippen molar-refractivity contribution in [1.29, 1.82) is 0 Å². The molecule has 0 radical (unpaired) electrons. The Morgan fingerprint density at radius 1 is 0.964 bits per heavy atom. The Morgan fingerprint density at radius 3 is 2.32 bits per heavy atom. The van der Waals surface area contributed by atoms with Crippen molar-refractivity contribution >= 4 is 11.9 Å². The summed E-state index contributed by atoms with van der Waals surface area (Å²) in [6, 6.07) is 0. The van der Waals surface area contributed by atoms with E-state index in [1.165, 1.54) is 45.4 Å². The van der Waals surface area contributed by atoms with Crippen LogP contribution in [0.15, 0.2) is 12.2 Å². The molecule has 1 amide bonds. The summed E-state index contributed by atoms with van der Waals surface area (Å²) in [5, 5.41) is 0. The van der Waals surface area contributed by atoms with Gasteiger partial charge in [-0.3, -0.25) is 9.59 Å². The van der Waals surface area contributed by atoms with Gasteiger partial charge in [0.15, 0.2) is 0 Å². The molecule has 4 heteroatoms. The van der Waals surface area contributed by atoms with E-state index in [1.807, 2.05) is 0 Å². The van der Waals surface area contributed by atoms with Crippen molar-refractivity contribution in [3.8, 4) is 0 Å². The zero-order chi connectivity index (χ0) is 20.3. The van der Waals surface area contributed by atoms with Crippen molar-refractivity contribution in [2.45, 2.75) is 84.7 Å². The van der Waals surface area contributed by atoms with E-state index in [-0.39, 0.29) is 29.3 Å². The number of primary amides is 1. The minimum absolute atomic E-state index is 0.121. The molecule has 0 aromatic heterocycles. The van der Waals surface area contributed by atoms with Crippen LogP contribution in [-0.2, 0) is 14.3 Å². The van der Waals surface area contributed by atoms with Crippen LogP contribution in [0.2, 0.25) is 0 Å². The molecular formula is C24H37NO3. The van der Waals surface area contributed by atoms with Crippen LogP contribution in [0.3, 0.4) is 0 Å². The Balaban J connectivity index is 1.53. The van der Waals surface area contributed by atoms with Crippen LogP contribution >= 0.6 is 0 Å². The summed E-state index contributed by atoms with van der Waals surface area (Å²) in [5.74, 6) is 2.71. The van der Waals surface area contributed by atoms with Gasteiger partial charge in [-0.2, -0.15) is 0 Å². The molecule has 8 atom stereocenters. The largest absolute Gasteiger partial charge is 0.463 e. The molecule has 0 aromatic carbocycles. The zero-order valence-corrected chi connectivity index (χ0v) is 17.8. The molecule has 4 aliphatic carbocycles. The van der Waals surface area contributed by atoms with Gasteiger partial charge in [-0.15, -0.1) is 0 Å². The van der Waals surface area contributed by atoms with Crippen LogP contribution < -0.4 is 5.73 Å². The highest BCUT2D eigenvalue weighted by molar-refractivity contribution is 5.92. The number of amides is 1. The van der Waals surface area contributed by atoms with E-state index in [0.29, 0.717) is 22.8 Å². The van der Waals surface area contributed by atoms with Crippen LogP contribution in [0.1, 0.15) is 78.6 Å². The third-order valence-corrected chi connectivity index (χ3v) is 9.69. The normalized spacial score (nSPS) is 47.4. The summed E-state index contributed by atoms with van der Waals surface area (Å²) >= 11 is 0. The Labute approximate surface area is 169 Å². The van der Waals surface area contributed by atoms with Gasteiger partial charge in [0.1, 0.15) is 6.10 Å². The van der Waals surface area contributed by atoms with E-state index in [2.05, 4.69) is 20.4 Å². The molecule has 28 heavy (non-hydrogen) atoms. The van der Waals surface area contributed by atoms with Gasteiger partial charge in [0, 0.05) is 12.5 Å². The van der Waals surface area contributed by atoms with E-state index in [9.17, 15) is 9.59 Å². The summed E-state index contributed by atoms with van der Waals surface area (Å²) in [7, 11) is 0. The molecule has 4 nitrogen and oxygen atoms in total. The minimum atomic E-state index is -0.312. The van der Waals surface area contributed by atoms with Gasteiger partial charge in [0.05, 0.1) is 0 Å². The SMILES string of the molecule is C=C(C(N)=O)[C@H]1CC[C@H]2[C@@H]3CC[C@H]4C[C@@H](OC(C)=O)CC[C@]4(C)[C@H]3CC[C@]12C. The summed E-state index contributed by atoms with van der Waals surface area (Å²) in [6.45, 7) is 10.5. The van der Waals surface area contributed by atoms with Gasteiger partial charge < -0.3 is 10.5 Å². The van der Waals surface area contributed by atoms with Crippen LogP contribution in [0.5, 0.6) is 0 Å². The van der Waals surface area contributed by atoms with Crippen LogP contribution in [0, 0.1) is 40.4 Å². The highest BCUT2D eigenvalue weighted by atomic mass is 16.5. The third kappa shape index (κ3) is 2.93. The minimum Gasteiger partial charge on any atom is -0.463 e.